The van der Waals surface area contributed by atoms with Gasteiger partial charge in [-0.3, -0.25) is 9.69 Å². The molecule has 3 rings (SSSR count). The molecule has 0 saturated carbocycles. The molecule has 2 aromatic rings. The minimum atomic E-state index is 0.00623. The second-order valence-corrected chi connectivity index (χ2v) is 8.83. The first-order valence-electron chi connectivity index (χ1n) is 9.10. The van der Waals surface area contributed by atoms with Gasteiger partial charge in [0.2, 0.25) is 5.91 Å². The summed E-state index contributed by atoms with van der Waals surface area (Å²) in [5.41, 5.74) is 3.31. The van der Waals surface area contributed by atoms with Gasteiger partial charge in [-0.05, 0) is 42.3 Å². The van der Waals surface area contributed by atoms with Crippen molar-refractivity contribution in [1.82, 2.24) is 4.90 Å². The van der Waals surface area contributed by atoms with Gasteiger partial charge in [-0.25, -0.2) is 0 Å². The quantitative estimate of drug-likeness (QED) is 0.700. The average molecular weight is 403 g/mol. The number of anilines is 1. The number of carbonyl (C=O) groups excluding carboxylic acids is 1. The fourth-order valence-corrected chi connectivity index (χ4v) is 4.73. The summed E-state index contributed by atoms with van der Waals surface area (Å²) >= 11 is 3.54. The van der Waals surface area contributed by atoms with Gasteiger partial charge < -0.3 is 10.1 Å². The van der Waals surface area contributed by atoms with E-state index in [0.717, 1.165) is 41.5 Å². The van der Waals surface area contributed by atoms with Crippen LogP contribution in [0.15, 0.2) is 47.4 Å². The highest BCUT2D eigenvalue weighted by Gasteiger charge is 2.12. The summed E-state index contributed by atoms with van der Waals surface area (Å²) in [5, 5.41) is 3.03. The van der Waals surface area contributed by atoms with Crippen LogP contribution in [0.5, 0.6) is 5.75 Å². The van der Waals surface area contributed by atoms with Gasteiger partial charge in [0.25, 0.3) is 0 Å². The van der Waals surface area contributed by atoms with E-state index in [1.165, 1.54) is 28.8 Å². The summed E-state index contributed by atoms with van der Waals surface area (Å²) in [6.45, 7) is 5.36. The van der Waals surface area contributed by atoms with Crippen LogP contribution in [-0.4, -0.2) is 48.3 Å². The summed E-state index contributed by atoms with van der Waals surface area (Å²) in [4.78, 5) is 15.8. The largest absolute Gasteiger partial charge is 0.497 e. The van der Waals surface area contributed by atoms with Crippen molar-refractivity contribution in [3.05, 3.63) is 53.6 Å². The maximum absolute atomic E-state index is 12.3. The van der Waals surface area contributed by atoms with E-state index in [-0.39, 0.29) is 5.91 Å². The molecule has 2 aromatic carbocycles. The van der Waals surface area contributed by atoms with Gasteiger partial charge in [0, 0.05) is 41.7 Å². The van der Waals surface area contributed by atoms with Gasteiger partial charge in [-0.2, -0.15) is 11.8 Å². The molecule has 0 aliphatic carbocycles. The molecule has 0 spiro atoms. The molecule has 4 nitrogen and oxygen atoms in total. The molecule has 1 aliphatic rings. The zero-order valence-corrected chi connectivity index (χ0v) is 17.5. The summed E-state index contributed by atoms with van der Waals surface area (Å²) in [7, 11) is 1.65. The van der Waals surface area contributed by atoms with Crippen LogP contribution in [0.3, 0.4) is 0 Å². The lowest BCUT2D eigenvalue weighted by molar-refractivity contribution is -0.113. The fraction of sp³-hybridized carbons (Fsp3) is 0.381. The number of nitrogens with zero attached hydrogens (tertiary/aromatic N) is 1. The maximum atomic E-state index is 12.3. The minimum Gasteiger partial charge on any atom is -0.497 e. The number of benzene rings is 2. The van der Waals surface area contributed by atoms with Crippen LogP contribution in [0.25, 0.3) is 0 Å². The third kappa shape index (κ3) is 6.19. The van der Waals surface area contributed by atoms with Gasteiger partial charge in [0.05, 0.1) is 12.9 Å². The molecule has 0 atom stereocenters. The van der Waals surface area contributed by atoms with Crippen molar-refractivity contribution >= 4 is 35.1 Å². The topological polar surface area (TPSA) is 41.6 Å². The van der Waals surface area contributed by atoms with Crippen molar-refractivity contribution in [1.29, 1.82) is 0 Å². The van der Waals surface area contributed by atoms with Crippen LogP contribution < -0.4 is 10.1 Å². The number of methoxy groups -OCH3 is 1. The third-order valence-corrected chi connectivity index (χ3v) is 6.42. The standard InChI is InChI=1S/C21H26N2O2S2/c1-16-12-17(14-23-8-10-26-11-9-23)6-7-20(16)22-21(24)15-27-19-5-3-4-18(13-19)25-2/h3-7,12-13H,8-11,14-15H2,1-2H3,(H,22,24). The predicted molar refractivity (Wildman–Crippen MR) is 116 cm³/mol. The molecule has 1 amide bonds. The molecule has 0 bridgehead atoms. The average Bonchev–Trinajstić information content (AvgIpc) is 2.69. The van der Waals surface area contributed by atoms with Crippen LogP contribution in [0.1, 0.15) is 11.1 Å². The molecular weight excluding hydrogens is 376 g/mol. The summed E-state index contributed by atoms with van der Waals surface area (Å²) in [6, 6.07) is 14.1. The normalized spacial score (nSPS) is 14.7. The van der Waals surface area contributed by atoms with Crippen molar-refractivity contribution in [3.63, 3.8) is 0 Å². The highest BCUT2D eigenvalue weighted by Crippen LogP contribution is 2.24. The second-order valence-electron chi connectivity index (χ2n) is 6.55. The van der Waals surface area contributed by atoms with Crippen molar-refractivity contribution in [3.8, 4) is 5.75 Å². The molecule has 1 N–H and O–H groups in total. The molecule has 1 saturated heterocycles. The highest BCUT2D eigenvalue weighted by atomic mass is 32.2. The van der Waals surface area contributed by atoms with Crippen LogP contribution in [0, 0.1) is 6.92 Å². The Hall–Kier alpha value is -1.63. The lowest BCUT2D eigenvalue weighted by Gasteiger charge is -2.26. The Morgan fingerprint density at radius 3 is 2.78 bits per heavy atom. The smallest absolute Gasteiger partial charge is 0.234 e. The van der Waals surface area contributed by atoms with E-state index in [9.17, 15) is 4.79 Å². The highest BCUT2D eigenvalue weighted by molar-refractivity contribution is 8.00. The second kappa shape index (κ2) is 10.1. The van der Waals surface area contributed by atoms with Crippen molar-refractivity contribution in [2.75, 3.05) is 42.8 Å². The summed E-state index contributed by atoms with van der Waals surface area (Å²) in [6.07, 6.45) is 0. The number of hydrogen-bond donors (Lipinski definition) is 1. The number of rotatable bonds is 7. The monoisotopic (exact) mass is 402 g/mol. The minimum absolute atomic E-state index is 0.00623. The Labute approximate surface area is 170 Å². The first-order chi connectivity index (χ1) is 13.1. The van der Waals surface area contributed by atoms with Gasteiger partial charge in [0.1, 0.15) is 5.75 Å². The predicted octanol–water partition coefficient (Wildman–Crippen LogP) is 4.28. The fourth-order valence-electron chi connectivity index (χ4n) is 3.01. The Morgan fingerprint density at radius 1 is 1.22 bits per heavy atom. The molecule has 0 radical (unpaired) electrons. The van der Waals surface area contributed by atoms with E-state index >= 15 is 0 Å². The SMILES string of the molecule is COc1cccc(SCC(=O)Nc2ccc(CN3CCSCC3)cc2C)c1. The Bertz CT molecular complexity index is 777. The van der Waals surface area contributed by atoms with E-state index in [0.29, 0.717) is 5.75 Å². The van der Waals surface area contributed by atoms with E-state index in [2.05, 4.69) is 29.3 Å². The number of hydrogen-bond acceptors (Lipinski definition) is 5. The maximum Gasteiger partial charge on any atom is 0.234 e. The number of amides is 1. The molecule has 1 fully saturated rings. The van der Waals surface area contributed by atoms with Crippen molar-refractivity contribution in [2.45, 2.75) is 18.4 Å². The number of thioether (sulfide) groups is 2. The molecule has 27 heavy (non-hydrogen) atoms. The van der Waals surface area contributed by atoms with Gasteiger partial charge in [0.15, 0.2) is 0 Å². The lowest BCUT2D eigenvalue weighted by Crippen LogP contribution is -2.31. The summed E-state index contributed by atoms with van der Waals surface area (Å²) in [5.74, 6) is 3.63. The first kappa shape index (κ1) is 20.1. The molecule has 144 valence electrons. The van der Waals surface area contributed by atoms with E-state index < -0.39 is 0 Å². The number of carbonyl (C=O) groups is 1. The molecular formula is C21H26N2O2S2. The first-order valence-corrected chi connectivity index (χ1v) is 11.2. The third-order valence-electron chi connectivity index (χ3n) is 4.49. The van der Waals surface area contributed by atoms with E-state index in [4.69, 9.17) is 4.74 Å². The van der Waals surface area contributed by atoms with E-state index in [1.807, 2.05) is 42.1 Å². The number of aryl methyl sites for hydroxylation is 1. The Morgan fingerprint density at radius 2 is 2.04 bits per heavy atom. The Kier molecular flexibility index (Phi) is 7.50. The zero-order valence-electron chi connectivity index (χ0n) is 15.9. The summed E-state index contributed by atoms with van der Waals surface area (Å²) < 4.78 is 5.22. The molecule has 6 heteroatoms. The van der Waals surface area contributed by atoms with Gasteiger partial charge in [-0.15, -0.1) is 11.8 Å². The Balaban J connectivity index is 1.52. The van der Waals surface area contributed by atoms with Crippen LogP contribution in [-0.2, 0) is 11.3 Å². The molecule has 0 unspecified atom stereocenters. The number of ether oxygens (including phenoxy) is 1. The zero-order chi connectivity index (χ0) is 19.1. The molecule has 1 aliphatic heterocycles. The number of nitrogens with one attached hydrogen (secondary N) is 1. The van der Waals surface area contributed by atoms with Gasteiger partial charge >= 0.3 is 0 Å². The van der Waals surface area contributed by atoms with Crippen LogP contribution in [0.2, 0.25) is 0 Å². The molecule has 1 heterocycles. The van der Waals surface area contributed by atoms with E-state index in [1.54, 1.807) is 7.11 Å². The van der Waals surface area contributed by atoms with Crippen molar-refractivity contribution < 1.29 is 9.53 Å². The lowest BCUT2D eigenvalue weighted by atomic mass is 10.1. The molecule has 0 aromatic heterocycles. The van der Waals surface area contributed by atoms with Crippen LogP contribution in [0.4, 0.5) is 5.69 Å². The van der Waals surface area contributed by atoms with Gasteiger partial charge in [-0.1, -0.05) is 18.2 Å². The van der Waals surface area contributed by atoms with Crippen LogP contribution >= 0.6 is 23.5 Å². The van der Waals surface area contributed by atoms with Crippen molar-refractivity contribution in [2.24, 2.45) is 0 Å².